The van der Waals surface area contributed by atoms with E-state index < -0.39 is 0 Å². The molecule has 0 heterocycles. The van der Waals surface area contributed by atoms with Crippen molar-refractivity contribution in [2.45, 2.75) is 6.42 Å². The van der Waals surface area contributed by atoms with E-state index in [1.807, 2.05) is 0 Å². The minimum atomic E-state index is 0. The molecule has 0 aromatic rings. The molecule has 0 fully saturated rings. The molecular formula is C3H9NPW16-. The van der Waals surface area contributed by atoms with Gasteiger partial charge in [-0.15, -0.1) is 9.24 Å². The zero-order valence-corrected chi connectivity index (χ0v) is 57.8. The van der Waals surface area contributed by atoms with E-state index in [9.17, 15) is 0 Å². The fourth-order valence-corrected chi connectivity index (χ4v) is 0.306. The average Bonchev–Trinajstić information content (AvgIpc) is 1.41. The zero-order chi connectivity index (χ0) is 4.12. The van der Waals surface area contributed by atoms with E-state index in [4.69, 9.17) is 5.73 Å². The first-order valence-corrected chi connectivity index (χ1v) is 2.58. The van der Waals surface area contributed by atoms with Crippen LogP contribution in [0, 0.1) is 0 Å². The second kappa shape index (κ2) is 140. The first-order valence-electron chi connectivity index (χ1n) is 1.76. The van der Waals surface area contributed by atoms with Crippen LogP contribution in [0.15, 0.2) is 0 Å². The Hall–Kier alpha value is 11.4. The summed E-state index contributed by atoms with van der Waals surface area (Å²) in [7, 11) is 2.58. The van der Waals surface area contributed by atoms with Gasteiger partial charge in [0, 0.05) is 337 Å². The van der Waals surface area contributed by atoms with Gasteiger partial charge < -0.3 is 5.73 Å². The predicted molar refractivity (Wildman–Crippen MR) is 28.4 cm³/mol. The van der Waals surface area contributed by atoms with Gasteiger partial charge in [0.05, 0.1) is 0 Å². The molecule has 21 heavy (non-hydrogen) atoms. The van der Waals surface area contributed by atoms with Crippen molar-refractivity contribution in [3.8, 4) is 0 Å². The standard InChI is InChI=1S/C3H9NP.16W/c4-2-1-3-5;;;;;;;;;;;;;;;;/h4H,1-3,5H2;;;;;;;;;;;;;;;;/q-1;;;;;;;;;;;;;;;;. The maximum absolute atomic E-state index is 6.59. The summed E-state index contributed by atoms with van der Waals surface area (Å²) < 4.78 is 0. The topological polar surface area (TPSA) is 23.8 Å². The molecule has 1 nitrogen and oxygen atoms in total. The molecule has 128 valence electrons. The minimum Gasteiger partial charge on any atom is -0.677 e. The molecule has 0 saturated carbocycles. The van der Waals surface area contributed by atoms with Gasteiger partial charge in [0.1, 0.15) is 0 Å². The van der Waals surface area contributed by atoms with Gasteiger partial charge >= 0.3 is 0 Å². The van der Waals surface area contributed by atoms with Gasteiger partial charge in [-0.2, -0.15) is 6.54 Å². The van der Waals surface area contributed by atoms with Gasteiger partial charge in [0.2, 0.25) is 0 Å². The van der Waals surface area contributed by atoms with Gasteiger partial charge in [-0.05, 0) is 6.16 Å². The first kappa shape index (κ1) is 135. The van der Waals surface area contributed by atoms with Gasteiger partial charge in [-0.25, -0.2) is 0 Å². The van der Waals surface area contributed by atoms with E-state index in [1.54, 1.807) is 0 Å². The van der Waals surface area contributed by atoms with Gasteiger partial charge in [0.25, 0.3) is 0 Å². The van der Waals surface area contributed by atoms with Gasteiger partial charge in [-0.3, -0.25) is 0 Å². The van der Waals surface area contributed by atoms with E-state index in [0.29, 0.717) is 6.54 Å². The number of hydrogen-bond donors (Lipinski definition) is 0. The second-order valence-electron chi connectivity index (χ2n) is 0.892. The van der Waals surface area contributed by atoms with Crippen molar-refractivity contribution in [1.29, 1.82) is 0 Å². The van der Waals surface area contributed by atoms with E-state index >= 15 is 0 Å². The Labute approximate surface area is 361 Å². The molecule has 0 amide bonds. The Balaban J connectivity index is -0.000000000667. The summed E-state index contributed by atoms with van der Waals surface area (Å²) in [6.07, 6.45) is 2.09. The van der Waals surface area contributed by atoms with E-state index in [0.717, 1.165) is 12.6 Å². The number of hydrogen-bond acceptors (Lipinski definition) is 0. The molecular weight excluding hydrogens is 3020 g/mol. The van der Waals surface area contributed by atoms with Crippen molar-refractivity contribution in [2.24, 2.45) is 0 Å². The second-order valence-corrected chi connectivity index (χ2v) is 1.47. The molecule has 0 radical (unpaired) electrons. The molecule has 0 aliphatic carbocycles. The molecule has 0 aliphatic rings. The Morgan fingerprint density at radius 1 is 0.429 bits per heavy atom. The van der Waals surface area contributed by atoms with Crippen LogP contribution in [0.25, 0.3) is 5.73 Å². The van der Waals surface area contributed by atoms with Crippen molar-refractivity contribution < 1.29 is 337 Å². The van der Waals surface area contributed by atoms with Crippen LogP contribution >= 0.6 is 9.24 Å². The number of rotatable bonds is 2. The third-order valence-corrected chi connectivity index (χ3v) is 0.789. The molecule has 18 heteroatoms. The largest absolute Gasteiger partial charge is 0.677 e. The van der Waals surface area contributed by atoms with Crippen LogP contribution in [0.5, 0.6) is 0 Å². The Morgan fingerprint density at radius 2 is 0.571 bits per heavy atom. The Bertz CT molecular complexity index is 31.0. The van der Waals surface area contributed by atoms with Crippen molar-refractivity contribution in [1.82, 2.24) is 0 Å². The summed E-state index contributed by atoms with van der Waals surface area (Å²) in [6, 6.07) is 0. The Morgan fingerprint density at radius 3 is 0.571 bits per heavy atom. The summed E-state index contributed by atoms with van der Waals surface area (Å²) in [5, 5.41) is 0. The third-order valence-electron chi connectivity index (χ3n) is 0.381. The molecule has 1 unspecified atom stereocenters. The maximum Gasteiger partial charge on any atom is 0 e. The van der Waals surface area contributed by atoms with E-state index in [2.05, 4.69) is 9.24 Å². The molecule has 0 aromatic carbocycles. The molecule has 0 aliphatic heterocycles. The molecule has 0 aromatic heterocycles. The summed E-state index contributed by atoms with van der Waals surface area (Å²) in [6.45, 7) is 0.573. The summed E-state index contributed by atoms with van der Waals surface area (Å²) in [4.78, 5) is 0. The van der Waals surface area contributed by atoms with Crippen LogP contribution in [0.4, 0.5) is 0 Å². The van der Waals surface area contributed by atoms with Crippen LogP contribution in [-0.2, 0) is 337 Å². The SMILES string of the molecule is [NH-]CCCP.[W].[W].[W].[W].[W].[W].[W].[W].[W].[W].[W].[W].[W].[W].[W].[W]. The zero-order valence-electron chi connectivity index (χ0n) is 9.73. The predicted octanol–water partition coefficient (Wildman–Crippen LogP) is 1.26. The van der Waals surface area contributed by atoms with E-state index in [1.165, 1.54) is 0 Å². The van der Waals surface area contributed by atoms with Gasteiger partial charge in [-0.1, -0.05) is 6.42 Å². The van der Waals surface area contributed by atoms with Crippen LogP contribution in [-0.4, -0.2) is 12.7 Å². The maximum atomic E-state index is 6.59. The normalized spacial score (nSPS) is 2.00. The number of nitrogens with one attached hydrogen (secondary N) is 1. The van der Waals surface area contributed by atoms with Crippen molar-refractivity contribution in [3.05, 3.63) is 5.73 Å². The van der Waals surface area contributed by atoms with E-state index in [-0.39, 0.29) is 337 Å². The summed E-state index contributed by atoms with van der Waals surface area (Å²) >= 11 is 0. The molecule has 0 rings (SSSR count). The Kier molecular flexibility index (Phi) is 897. The van der Waals surface area contributed by atoms with Crippen LogP contribution in [0.3, 0.4) is 0 Å². The molecule has 1 N–H and O–H groups in total. The average molecular weight is 3030 g/mol. The molecule has 1 atom stereocenters. The van der Waals surface area contributed by atoms with Gasteiger partial charge in [0.15, 0.2) is 0 Å². The molecule has 0 bridgehead atoms. The first-order chi connectivity index (χ1) is 2.41. The van der Waals surface area contributed by atoms with Crippen LogP contribution in [0.2, 0.25) is 0 Å². The summed E-state index contributed by atoms with van der Waals surface area (Å²) in [5.74, 6) is 0. The monoisotopic (exact) mass is 3030 g/mol. The van der Waals surface area contributed by atoms with Crippen molar-refractivity contribution in [3.63, 3.8) is 0 Å². The fourth-order valence-electron chi connectivity index (χ4n) is 0.102. The van der Waals surface area contributed by atoms with Crippen molar-refractivity contribution >= 4 is 9.24 Å². The molecule has 0 saturated heterocycles. The fraction of sp³-hybridized carbons (Fsp3) is 1.00. The third kappa shape index (κ3) is 151. The molecule has 0 spiro atoms. The summed E-state index contributed by atoms with van der Waals surface area (Å²) in [5.41, 5.74) is 6.59. The van der Waals surface area contributed by atoms with Crippen LogP contribution in [0.1, 0.15) is 6.42 Å². The van der Waals surface area contributed by atoms with Crippen molar-refractivity contribution in [2.75, 3.05) is 12.7 Å². The quantitative estimate of drug-likeness (QED) is 0.373. The minimum absolute atomic E-state index is 0. The van der Waals surface area contributed by atoms with Crippen LogP contribution < -0.4 is 0 Å². The smallest absolute Gasteiger partial charge is 0 e.